The molecule has 0 amide bonds. The van der Waals surface area contributed by atoms with Gasteiger partial charge in [-0.05, 0) is 35.9 Å². The number of phenols is 3. The molecule has 2 aromatic carbocycles. The van der Waals surface area contributed by atoms with Gasteiger partial charge in [0.25, 0.3) is 0 Å². The summed E-state index contributed by atoms with van der Waals surface area (Å²) in [6.07, 6.45) is -1.06. The number of aromatic hydroxyl groups is 3. The molecule has 1 aliphatic rings. The Bertz CT molecular complexity index is 1090. The molecule has 186 valence electrons. The van der Waals surface area contributed by atoms with Crippen LogP contribution in [0.25, 0.3) is 0 Å². The van der Waals surface area contributed by atoms with E-state index in [1.54, 1.807) is 0 Å². The van der Waals surface area contributed by atoms with Crippen molar-refractivity contribution in [1.29, 1.82) is 0 Å². The topological polar surface area (TPSA) is 129 Å². The van der Waals surface area contributed by atoms with Crippen LogP contribution in [-0.2, 0) is 16.3 Å². The van der Waals surface area contributed by atoms with Gasteiger partial charge in [0.15, 0.2) is 23.7 Å². The number of benzene rings is 2. The number of hydrogen-bond donors (Lipinski definition) is 4. The molecule has 0 fully saturated rings. The van der Waals surface area contributed by atoms with Crippen molar-refractivity contribution in [3.05, 3.63) is 41.5 Å². The summed E-state index contributed by atoms with van der Waals surface area (Å²) in [5.74, 6) is -1.77. The average molecular weight is 512 g/mol. The smallest absolute Gasteiger partial charge is 0.315 e. The number of aliphatic hydroxyl groups is 1. The highest BCUT2D eigenvalue weighted by atomic mass is 32.5. The van der Waals surface area contributed by atoms with E-state index in [4.69, 9.17) is 25.6 Å². The first kappa shape index (κ1) is 26.2. The van der Waals surface area contributed by atoms with Gasteiger partial charge in [0.2, 0.25) is 5.78 Å². The van der Waals surface area contributed by atoms with Crippen LogP contribution in [0.5, 0.6) is 28.7 Å². The SMILES string of the molecule is CCCCOP(=S)(Oc1cc(O)c2c(c1)OC(c1ccc(O)c(O)c1)C(O)C2=O)N(CC)CC. The van der Waals surface area contributed by atoms with Gasteiger partial charge in [-0.15, -0.1) is 0 Å². The van der Waals surface area contributed by atoms with E-state index in [1.807, 2.05) is 25.4 Å². The van der Waals surface area contributed by atoms with Crippen LogP contribution in [0, 0.1) is 0 Å². The Morgan fingerprint density at radius 1 is 1.06 bits per heavy atom. The molecule has 0 aromatic heterocycles. The fraction of sp³-hybridized carbons (Fsp3) is 0.435. The maximum atomic E-state index is 12.9. The number of unbranched alkanes of at least 4 members (excludes halogenated alkanes) is 1. The Morgan fingerprint density at radius 2 is 1.76 bits per heavy atom. The summed E-state index contributed by atoms with van der Waals surface area (Å²) in [6, 6.07) is 6.53. The van der Waals surface area contributed by atoms with E-state index in [1.165, 1.54) is 30.3 Å². The van der Waals surface area contributed by atoms with Crippen molar-refractivity contribution in [3.8, 4) is 28.7 Å². The molecule has 11 heteroatoms. The van der Waals surface area contributed by atoms with Gasteiger partial charge in [-0.3, -0.25) is 4.79 Å². The second-order valence-corrected chi connectivity index (χ2v) is 11.1. The number of ether oxygens (including phenoxy) is 1. The molecule has 3 rings (SSSR count). The zero-order valence-corrected chi connectivity index (χ0v) is 21.0. The lowest BCUT2D eigenvalue weighted by Crippen LogP contribution is -2.36. The van der Waals surface area contributed by atoms with Crippen molar-refractivity contribution >= 4 is 24.2 Å². The van der Waals surface area contributed by atoms with E-state index in [0.717, 1.165) is 12.8 Å². The van der Waals surface area contributed by atoms with E-state index in [-0.39, 0.29) is 28.4 Å². The molecule has 0 saturated carbocycles. The van der Waals surface area contributed by atoms with Crippen molar-refractivity contribution in [2.75, 3.05) is 19.7 Å². The van der Waals surface area contributed by atoms with Crippen LogP contribution >= 0.6 is 6.64 Å². The normalized spacial score (nSPS) is 19.4. The first-order valence-electron chi connectivity index (χ1n) is 11.1. The molecule has 0 aliphatic carbocycles. The summed E-state index contributed by atoms with van der Waals surface area (Å²) in [5.41, 5.74) is 0.0888. The van der Waals surface area contributed by atoms with E-state index in [2.05, 4.69) is 0 Å². The van der Waals surface area contributed by atoms with Gasteiger partial charge < -0.3 is 34.2 Å². The predicted octanol–water partition coefficient (Wildman–Crippen LogP) is 4.24. The molecule has 34 heavy (non-hydrogen) atoms. The first-order chi connectivity index (χ1) is 16.1. The number of carbonyl (C=O) groups excluding carboxylic acids is 1. The van der Waals surface area contributed by atoms with Gasteiger partial charge in [-0.1, -0.05) is 33.3 Å². The number of rotatable bonds is 10. The monoisotopic (exact) mass is 511 g/mol. The maximum absolute atomic E-state index is 12.9. The van der Waals surface area contributed by atoms with Crippen molar-refractivity contribution in [2.45, 2.75) is 45.8 Å². The predicted molar refractivity (Wildman–Crippen MR) is 130 cm³/mol. The van der Waals surface area contributed by atoms with Gasteiger partial charge >= 0.3 is 6.64 Å². The molecule has 4 N–H and O–H groups in total. The highest BCUT2D eigenvalue weighted by Crippen LogP contribution is 2.54. The minimum Gasteiger partial charge on any atom is -0.507 e. The number of carbonyl (C=O) groups is 1. The van der Waals surface area contributed by atoms with E-state index in [0.29, 0.717) is 19.7 Å². The number of Topliss-reactive ketones (excluding diaryl/α,β-unsaturated/α-hetero) is 1. The zero-order valence-electron chi connectivity index (χ0n) is 19.3. The molecule has 1 heterocycles. The Hall–Kier alpha value is -2.36. The van der Waals surface area contributed by atoms with Crippen LogP contribution in [0.2, 0.25) is 0 Å². The second-order valence-electron chi connectivity index (χ2n) is 7.80. The minimum absolute atomic E-state index is 0.00230. The third kappa shape index (κ3) is 5.31. The molecule has 2 aromatic rings. The van der Waals surface area contributed by atoms with Crippen LogP contribution < -0.4 is 9.26 Å². The summed E-state index contributed by atoms with van der Waals surface area (Å²) >= 11 is 5.79. The molecular weight excluding hydrogens is 481 g/mol. The Balaban J connectivity index is 1.97. The first-order valence-corrected chi connectivity index (χ1v) is 13.7. The quantitative estimate of drug-likeness (QED) is 0.209. The molecule has 9 nitrogen and oxygen atoms in total. The molecular formula is C23H30NO8PS. The summed E-state index contributed by atoms with van der Waals surface area (Å²) in [7, 11) is 0. The van der Waals surface area contributed by atoms with E-state index >= 15 is 0 Å². The van der Waals surface area contributed by atoms with Gasteiger partial charge in [0, 0.05) is 25.2 Å². The molecule has 0 radical (unpaired) electrons. The lowest BCUT2D eigenvalue weighted by molar-refractivity contribution is 0.0210. The van der Waals surface area contributed by atoms with Gasteiger partial charge in [0.1, 0.15) is 22.8 Å². The maximum Gasteiger partial charge on any atom is 0.315 e. The molecule has 0 saturated heterocycles. The molecule has 0 spiro atoms. The van der Waals surface area contributed by atoms with E-state index < -0.39 is 36.1 Å². The summed E-state index contributed by atoms with van der Waals surface area (Å²) in [5, 5.41) is 40.5. The van der Waals surface area contributed by atoms with Crippen LogP contribution in [0.1, 0.15) is 55.6 Å². The molecule has 3 atom stereocenters. The number of nitrogens with zero attached hydrogens (tertiary/aromatic N) is 1. The van der Waals surface area contributed by atoms with Gasteiger partial charge in [-0.2, -0.15) is 0 Å². The van der Waals surface area contributed by atoms with Gasteiger partial charge in [-0.25, -0.2) is 4.67 Å². The van der Waals surface area contributed by atoms with Crippen molar-refractivity contribution < 1.29 is 39.0 Å². The van der Waals surface area contributed by atoms with Crippen molar-refractivity contribution in [3.63, 3.8) is 0 Å². The fourth-order valence-electron chi connectivity index (χ4n) is 3.62. The Labute approximate surface area is 203 Å². The van der Waals surface area contributed by atoms with Crippen LogP contribution in [0.4, 0.5) is 0 Å². The Morgan fingerprint density at radius 3 is 2.38 bits per heavy atom. The Kier molecular flexibility index (Phi) is 8.43. The number of phenolic OH excluding ortho intramolecular Hbond substituents is 3. The van der Waals surface area contributed by atoms with Crippen molar-refractivity contribution in [2.24, 2.45) is 0 Å². The van der Waals surface area contributed by atoms with Crippen LogP contribution in [0.15, 0.2) is 30.3 Å². The molecule has 1 aliphatic heterocycles. The fourth-order valence-corrected chi connectivity index (χ4v) is 6.55. The second kappa shape index (κ2) is 10.9. The number of hydrogen-bond acceptors (Lipinski definition) is 9. The van der Waals surface area contributed by atoms with Crippen LogP contribution in [-0.4, -0.2) is 56.7 Å². The lowest BCUT2D eigenvalue weighted by atomic mass is 9.92. The highest BCUT2D eigenvalue weighted by Gasteiger charge is 2.40. The van der Waals surface area contributed by atoms with E-state index in [9.17, 15) is 25.2 Å². The van der Waals surface area contributed by atoms with Gasteiger partial charge in [0.05, 0.1) is 6.61 Å². The van der Waals surface area contributed by atoms with Crippen molar-refractivity contribution in [1.82, 2.24) is 4.67 Å². The summed E-state index contributed by atoms with van der Waals surface area (Å²) < 4.78 is 19.9. The lowest BCUT2D eigenvalue weighted by Gasteiger charge is -2.33. The number of aliphatic hydroxyl groups excluding tert-OH is 1. The molecule has 3 unspecified atom stereocenters. The van der Waals surface area contributed by atoms with Crippen LogP contribution in [0.3, 0.4) is 0 Å². The highest BCUT2D eigenvalue weighted by molar-refractivity contribution is 8.08. The number of ketones is 1. The summed E-state index contributed by atoms with van der Waals surface area (Å²) in [6.45, 7) is 4.62. The minimum atomic E-state index is -2.94. The largest absolute Gasteiger partial charge is 0.507 e. The molecule has 0 bridgehead atoms. The average Bonchev–Trinajstić information content (AvgIpc) is 2.78. The third-order valence-corrected chi connectivity index (χ3v) is 8.93. The zero-order chi connectivity index (χ0) is 25.0. The number of fused-ring (bicyclic) bond motifs is 1. The summed E-state index contributed by atoms with van der Waals surface area (Å²) in [4.78, 5) is 12.9. The standard InChI is InChI=1S/C23H30NO8PS/c1-4-7-10-30-33(34,24(5-2)6-3)32-15-12-18(27)20-19(13-15)31-23(22(29)21(20)28)14-8-9-16(25)17(26)11-14/h8-9,11-13,22-23,25-27,29H,4-7,10H2,1-3H3. The third-order valence-electron chi connectivity index (χ3n) is 5.49.